The number of hydrogen-bond acceptors (Lipinski definition) is 7. The first kappa shape index (κ1) is 24.9. The third-order valence-electron chi connectivity index (χ3n) is 6.59. The van der Waals surface area contributed by atoms with Crippen molar-refractivity contribution in [3.63, 3.8) is 0 Å². The normalized spacial score (nSPS) is 23.1. The van der Waals surface area contributed by atoms with Crippen molar-refractivity contribution in [1.29, 1.82) is 0 Å². The first-order chi connectivity index (χ1) is 17.1. The van der Waals surface area contributed by atoms with Gasteiger partial charge in [-0.3, -0.25) is 14.6 Å². The first-order valence-corrected chi connectivity index (χ1v) is 13.6. The highest BCUT2D eigenvalue weighted by molar-refractivity contribution is 7.93. The SMILES string of the molecule is O=S(=O)(Nc1nccs1)c1cc2c(cc1F)[C@@H](N1CCC(C(F)(F)F)C[C@H]1c1cccnc1)CCO2. The molecule has 2 aliphatic heterocycles. The number of fused-ring (bicyclic) bond motifs is 1. The molecular weight excluding hydrogens is 520 g/mol. The summed E-state index contributed by atoms with van der Waals surface area (Å²) in [6.07, 6.45) is 0.396. The Labute approximate surface area is 209 Å². The van der Waals surface area contributed by atoms with Gasteiger partial charge in [-0.2, -0.15) is 13.2 Å². The molecule has 3 atom stereocenters. The van der Waals surface area contributed by atoms with Crippen LogP contribution in [0.15, 0.2) is 53.1 Å². The molecule has 0 radical (unpaired) electrons. The summed E-state index contributed by atoms with van der Waals surface area (Å²) in [4.78, 5) is 9.29. The molecule has 192 valence electrons. The van der Waals surface area contributed by atoms with Gasteiger partial charge in [0.1, 0.15) is 16.5 Å². The highest BCUT2D eigenvalue weighted by Gasteiger charge is 2.46. The van der Waals surface area contributed by atoms with Crippen LogP contribution in [0.2, 0.25) is 0 Å². The number of piperidine rings is 1. The van der Waals surface area contributed by atoms with Crippen LogP contribution in [0, 0.1) is 11.7 Å². The number of sulfonamides is 1. The zero-order valence-electron chi connectivity index (χ0n) is 18.8. The minimum atomic E-state index is -4.32. The van der Waals surface area contributed by atoms with Gasteiger partial charge >= 0.3 is 6.18 Å². The van der Waals surface area contributed by atoms with Gasteiger partial charge in [-0.1, -0.05) is 6.07 Å². The second kappa shape index (κ2) is 9.60. The minimum absolute atomic E-state index is 0.0837. The molecule has 0 bridgehead atoms. The van der Waals surface area contributed by atoms with Gasteiger partial charge in [0, 0.05) is 54.1 Å². The third kappa shape index (κ3) is 4.91. The monoisotopic (exact) mass is 542 g/mol. The number of aromatic nitrogens is 2. The minimum Gasteiger partial charge on any atom is -0.493 e. The number of benzene rings is 1. The van der Waals surface area contributed by atoms with E-state index in [1.807, 2.05) is 4.90 Å². The molecule has 5 rings (SSSR count). The summed E-state index contributed by atoms with van der Waals surface area (Å²) in [7, 11) is -4.27. The van der Waals surface area contributed by atoms with Crippen LogP contribution in [0.1, 0.15) is 42.5 Å². The second-order valence-corrected chi connectivity index (χ2v) is 11.3. The van der Waals surface area contributed by atoms with Crippen molar-refractivity contribution in [3.05, 3.63) is 65.2 Å². The summed E-state index contributed by atoms with van der Waals surface area (Å²) in [6, 6.07) is 4.62. The number of ether oxygens (including phenoxy) is 1. The Balaban J connectivity index is 1.49. The predicted octanol–water partition coefficient (Wildman–Crippen LogP) is 5.32. The lowest BCUT2D eigenvalue weighted by atomic mass is 9.84. The van der Waals surface area contributed by atoms with Crippen LogP contribution in [0.25, 0.3) is 0 Å². The zero-order valence-corrected chi connectivity index (χ0v) is 20.4. The Kier molecular flexibility index (Phi) is 6.64. The van der Waals surface area contributed by atoms with Gasteiger partial charge in [-0.15, -0.1) is 11.3 Å². The number of pyridine rings is 1. The summed E-state index contributed by atoms with van der Waals surface area (Å²) in [5, 5.41) is 1.67. The first-order valence-electron chi connectivity index (χ1n) is 11.2. The predicted molar refractivity (Wildman–Crippen MR) is 125 cm³/mol. The highest BCUT2D eigenvalue weighted by Crippen LogP contribution is 2.48. The van der Waals surface area contributed by atoms with E-state index in [9.17, 15) is 21.6 Å². The molecule has 1 saturated heterocycles. The summed E-state index contributed by atoms with van der Waals surface area (Å²) in [5.74, 6) is -2.24. The number of anilines is 1. The largest absolute Gasteiger partial charge is 0.493 e. The Morgan fingerprint density at radius 3 is 2.69 bits per heavy atom. The van der Waals surface area contributed by atoms with Crippen molar-refractivity contribution in [1.82, 2.24) is 14.9 Å². The number of halogens is 4. The van der Waals surface area contributed by atoms with Gasteiger partial charge in [0.2, 0.25) is 0 Å². The number of alkyl halides is 3. The van der Waals surface area contributed by atoms with Gasteiger partial charge in [-0.25, -0.2) is 17.8 Å². The molecule has 36 heavy (non-hydrogen) atoms. The molecule has 0 amide bonds. The maximum Gasteiger partial charge on any atom is 0.391 e. The van der Waals surface area contributed by atoms with Crippen LogP contribution < -0.4 is 9.46 Å². The maximum atomic E-state index is 15.2. The lowest BCUT2D eigenvalue weighted by Gasteiger charge is -2.46. The van der Waals surface area contributed by atoms with Crippen molar-refractivity contribution in [3.8, 4) is 5.75 Å². The van der Waals surface area contributed by atoms with Crippen LogP contribution in [-0.4, -0.2) is 42.6 Å². The fourth-order valence-electron chi connectivity index (χ4n) is 4.92. The molecule has 2 aromatic heterocycles. The molecule has 2 aliphatic rings. The van der Waals surface area contributed by atoms with Crippen molar-refractivity contribution < 1.29 is 30.7 Å². The maximum absolute atomic E-state index is 15.2. The second-order valence-electron chi connectivity index (χ2n) is 8.72. The van der Waals surface area contributed by atoms with E-state index in [1.165, 1.54) is 6.20 Å². The smallest absolute Gasteiger partial charge is 0.391 e. The van der Waals surface area contributed by atoms with Gasteiger partial charge in [0.25, 0.3) is 10.0 Å². The van der Waals surface area contributed by atoms with E-state index < -0.39 is 44.9 Å². The van der Waals surface area contributed by atoms with Crippen LogP contribution >= 0.6 is 11.3 Å². The van der Waals surface area contributed by atoms with E-state index in [2.05, 4.69) is 14.7 Å². The number of nitrogens with zero attached hydrogens (tertiary/aromatic N) is 3. The fourth-order valence-corrected chi connectivity index (χ4v) is 6.78. The van der Waals surface area contributed by atoms with Crippen molar-refractivity contribution in [2.24, 2.45) is 5.92 Å². The molecule has 0 spiro atoms. The lowest BCUT2D eigenvalue weighted by Crippen LogP contribution is -2.44. The van der Waals surface area contributed by atoms with Gasteiger partial charge in [0.15, 0.2) is 5.13 Å². The van der Waals surface area contributed by atoms with Crippen molar-refractivity contribution >= 4 is 26.5 Å². The Bertz CT molecular complexity index is 1320. The topological polar surface area (TPSA) is 84.4 Å². The van der Waals surface area contributed by atoms with E-state index in [-0.39, 0.29) is 36.9 Å². The molecule has 1 fully saturated rings. The number of nitrogens with one attached hydrogen (secondary N) is 1. The molecule has 1 aromatic carbocycles. The number of thiazole rings is 1. The Hall–Kier alpha value is -2.77. The summed E-state index contributed by atoms with van der Waals surface area (Å²) in [6.45, 7) is 0.350. The van der Waals surface area contributed by atoms with E-state index in [0.29, 0.717) is 17.5 Å². The van der Waals surface area contributed by atoms with Crippen molar-refractivity contribution in [2.75, 3.05) is 17.9 Å². The Morgan fingerprint density at radius 2 is 2.00 bits per heavy atom. The standard InChI is InChI=1S/C23H22F4N4O3S2/c24-17-11-16-18(4-8-34-20(16)12-21(17)36(32,33)30-22-29-6-9-35-22)31-7-3-15(23(25,26)27)10-19(31)14-2-1-5-28-13-14/h1-2,5-6,9,11-13,15,18-19H,3-4,7-8,10H2,(H,29,30)/t15?,18-,19-/m0/s1. The average Bonchev–Trinajstić information content (AvgIpc) is 3.35. The van der Waals surface area contributed by atoms with Gasteiger partial charge in [0.05, 0.1) is 12.5 Å². The molecule has 4 heterocycles. The highest BCUT2D eigenvalue weighted by atomic mass is 32.2. The average molecular weight is 543 g/mol. The summed E-state index contributed by atoms with van der Waals surface area (Å²) >= 11 is 1.05. The molecule has 0 aliphatic carbocycles. The van der Waals surface area contributed by atoms with Crippen LogP contribution in [0.3, 0.4) is 0 Å². The molecule has 1 N–H and O–H groups in total. The third-order valence-corrected chi connectivity index (χ3v) is 8.76. The molecule has 3 aromatic rings. The Morgan fingerprint density at radius 1 is 1.17 bits per heavy atom. The summed E-state index contributed by atoms with van der Waals surface area (Å²) < 4.78 is 89.6. The van der Waals surface area contributed by atoms with Crippen molar-refractivity contribution in [2.45, 2.75) is 42.4 Å². The number of rotatable bonds is 5. The van der Waals surface area contributed by atoms with E-state index in [1.54, 1.807) is 29.9 Å². The molecule has 1 unspecified atom stereocenters. The lowest BCUT2D eigenvalue weighted by molar-refractivity contribution is -0.192. The van der Waals surface area contributed by atoms with Gasteiger partial charge in [-0.05, 0) is 37.1 Å². The molecule has 0 saturated carbocycles. The molecule has 13 heteroatoms. The molecular formula is C23H22F4N4O3S2. The summed E-state index contributed by atoms with van der Waals surface area (Å²) in [5.41, 5.74) is 1.05. The van der Waals surface area contributed by atoms with Crippen LogP contribution in [0.5, 0.6) is 5.75 Å². The van der Waals surface area contributed by atoms with E-state index in [0.717, 1.165) is 23.5 Å². The molecule has 7 nitrogen and oxygen atoms in total. The zero-order chi connectivity index (χ0) is 25.5. The quantitative estimate of drug-likeness (QED) is 0.440. The van der Waals surface area contributed by atoms with E-state index >= 15 is 4.39 Å². The van der Waals surface area contributed by atoms with Crippen LogP contribution in [-0.2, 0) is 10.0 Å². The van der Waals surface area contributed by atoms with Gasteiger partial charge < -0.3 is 4.74 Å². The van der Waals surface area contributed by atoms with Crippen LogP contribution in [0.4, 0.5) is 22.7 Å². The number of likely N-dealkylation sites (tertiary alicyclic amines) is 1. The fraction of sp³-hybridized carbons (Fsp3) is 0.391. The number of hydrogen-bond donors (Lipinski definition) is 1. The van der Waals surface area contributed by atoms with E-state index in [4.69, 9.17) is 4.74 Å².